The molecule has 23 heavy (non-hydrogen) atoms. The van der Waals surface area contributed by atoms with Gasteiger partial charge in [-0.15, -0.1) is 24.0 Å². The van der Waals surface area contributed by atoms with Crippen molar-refractivity contribution in [2.24, 2.45) is 10.4 Å². The molecule has 2 fully saturated rings. The topological polar surface area (TPSA) is 36.9 Å². The molecule has 0 radical (unpaired) electrons. The summed E-state index contributed by atoms with van der Waals surface area (Å²) < 4.78 is 19.6. The van der Waals surface area contributed by atoms with Gasteiger partial charge in [-0.3, -0.25) is 4.99 Å². The molecule has 4 nitrogen and oxygen atoms in total. The first kappa shape index (κ1) is 18.9. The highest BCUT2D eigenvalue weighted by atomic mass is 127. The zero-order chi connectivity index (χ0) is 15.6. The van der Waals surface area contributed by atoms with Crippen molar-refractivity contribution in [3.05, 3.63) is 34.1 Å². The molecule has 128 valence electrons. The minimum absolute atomic E-state index is 0. The van der Waals surface area contributed by atoms with Gasteiger partial charge in [-0.05, 0) is 46.5 Å². The summed E-state index contributed by atoms with van der Waals surface area (Å²) in [6.45, 7) is 4.28. The number of hydrogen-bond donors (Lipinski definition) is 1. The van der Waals surface area contributed by atoms with E-state index in [1.54, 1.807) is 19.2 Å². The summed E-state index contributed by atoms with van der Waals surface area (Å²) in [6.07, 6.45) is 2.29. The van der Waals surface area contributed by atoms with Gasteiger partial charge in [0.25, 0.3) is 0 Å². The molecule has 0 aromatic heterocycles. The van der Waals surface area contributed by atoms with Crippen molar-refractivity contribution in [1.29, 1.82) is 0 Å². The Morgan fingerprint density at radius 3 is 2.96 bits per heavy atom. The van der Waals surface area contributed by atoms with E-state index >= 15 is 0 Å². The van der Waals surface area contributed by atoms with Crippen LogP contribution in [0.15, 0.2) is 27.7 Å². The lowest BCUT2D eigenvalue weighted by Crippen LogP contribution is -2.41. The first-order chi connectivity index (χ1) is 10.6. The number of aliphatic imine (C=N–C) groups is 1. The first-order valence-electron chi connectivity index (χ1n) is 7.59. The third-order valence-corrected chi connectivity index (χ3v) is 5.21. The summed E-state index contributed by atoms with van der Waals surface area (Å²) in [5.74, 6) is 0.643. The predicted octanol–water partition coefficient (Wildman–Crippen LogP) is 3.39. The summed E-state index contributed by atoms with van der Waals surface area (Å²) in [6, 6.07) is 5.18. The number of guanidine groups is 1. The van der Waals surface area contributed by atoms with Gasteiger partial charge in [0.15, 0.2) is 5.96 Å². The molecule has 1 unspecified atom stereocenters. The van der Waals surface area contributed by atoms with Gasteiger partial charge in [0.2, 0.25) is 0 Å². The summed E-state index contributed by atoms with van der Waals surface area (Å²) in [4.78, 5) is 6.65. The van der Waals surface area contributed by atoms with Crippen LogP contribution < -0.4 is 5.32 Å². The largest absolute Gasteiger partial charge is 0.381 e. The molecule has 2 heterocycles. The van der Waals surface area contributed by atoms with E-state index in [2.05, 4.69) is 31.1 Å². The zero-order valence-corrected chi connectivity index (χ0v) is 17.1. The maximum absolute atomic E-state index is 13.6. The third kappa shape index (κ3) is 4.36. The zero-order valence-electron chi connectivity index (χ0n) is 13.1. The fourth-order valence-corrected chi connectivity index (χ4v) is 3.50. The van der Waals surface area contributed by atoms with E-state index < -0.39 is 0 Å². The highest BCUT2D eigenvalue weighted by Crippen LogP contribution is 2.38. The van der Waals surface area contributed by atoms with Gasteiger partial charge in [-0.1, -0.05) is 6.07 Å². The molecule has 3 rings (SSSR count). The molecule has 1 spiro atoms. The van der Waals surface area contributed by atoms with E-state index in [0.717, 1.165) is 50.7 Å². The number of nitrogens with one attached hydrogen (secondary N) is 1. The van der Waals surface area contributed by atoms with Gasteiger partial charge in [-0.25, -0.2) is 4.39 Å². The molecule has 0 amide bonds. The normalized spacial score (nSPS) is 24.1. The number of hydrogen-bond acceptors (Lipinski definition) is 2. The molecule has 0 aliphatic carbocycles. The highest BCUT2D eigenvalue weighted by molar-refractivity contribution is 14.0. The Hall–Kier alpha value is -0.410. The standard InChI is InChI=1S/C16H21BrFN3O.HI/c1-19-15(20-9-12-2-3-13(17)14(18)8-12)21-6-4-16(10-21)5-7-22-11-16;/h2-3,8H,4-7,9-11H2,1H3,(H,19,20);1H. The monoisotopic (exact) mass is 497 g/mol. The molecule has 2 aliphatic heterocycles. The number of ether oxygens (including phenoxy) is 1. The molecule has 1 atom stereocenters. The quantitative estimate of drug-likeness (QED) is 0.386. The van der Waals surface area contributed by atoms with Gasteiger partial charge < -0.3 is 15.0 Å². The lowest BCUT2D eigenvalue weighted by molar-refractivity contribution is 0.156. The molecule has 0 bridgehead atoms. The fourth-order valence-electron chi connectivity index (χ4n) is 3.25. The SMILES string of the molecule is CN=C(NCc1ccc(Br)c(F)c1)N1CCC2(CCOC2)C1.I. The van der Waals surface area contributed by atoms with Crippen LogP contribution in [-0.2, 0) is 11.3 Å². The molecule has 0 saturated carbocycles. The lowest BCUT2D eigenvalue weighted by atomic mass is 9.87. The van der Waals surface area contributed by atoms with Crippen molar-refractivity contribution in [3.63, 3.8) is 0 Å². The Bertz CT molecular complexity index is 578. The van der Waals surface area contributed by atoms with Crippen LogP contribution in [0.2, 0.25) is 0 Å². The molecular weight excluding hydrogens is 476 g/mol. The Morgan fingerprint density at radius 1 is 1.48 bits per heavy atom. The third-order valence-electron chi connectivity index (χ3n) is 4.57. The molecule has 2 saturated heterocycles. The van der Waals surface area contributed by atoms with Crippen molar-refractivity contribution in [1.82, 2.24) is 10.2 Å². The van der Waals surface area contributed by atoms with E-state index in [4.69, 9.17) is 4.74 Å². The van der Waals surface area contributed by atoms with Crippen LogP contribution in [-0.4, -0.2) is 44.2 Å². The molecule has 1 aromatic carbocycles. The van der Waals surface area contributed by atoms with Crippen LogP contribution in [0.25, 0.3) is 0 Å². The van der Waals surface area contributed by atoms with E-state index in [1.807, 2.05) is 6.07 Å². The Morgan fingerprint density at radius 2 is 2.30 bits per heavy atom. The number of benzene rings is 1. The molecule has 7 heteroatoms. The van der Waals surface area contributed by atoms with Gasteiger partial charge in [0, 0.05) is 38.7 Å². The van der Waals surface area contributed by atoms with E-state index in [0.29, 0.717) is 16.4 Å². The summed E-state index contributed by atoms with van der Waals surface area (Å²) in [5, 5.41) is 3.33. The van der Waals surface area contributed by atoms with Crippen LogP contribution in [0.5, 0.6) is 0 Å². The van der Waals surface area contributed by atoms with Crippen molar-refractivity contribution < 1.29 is 9.13 Å². The number of likely N-dealkylation sites (tertiary alicyclic amines) is 1. The second-order valence-electron chi connectivity index (χ2n) is 6.12. The summed E-state index contributed by atoms with van der Waals surface area (Å²) in [7, 11) is 1.79. The average Bonchev–Trinajstić information content (AvgIpc) is 3.14. The van der Waals surface area contributed by atoms with Crippen LogP contribution >= 0.6 is 39.9 Å². The second-order valence-corrected chi connectivity index (χ2v) is 6.98. The van der Waals surface area contributed by atoms with Gasteiger partial charge in [0.05, 0.1) is 11.1 Å². The number of rotatable bonds is 2. The Labute approximate surface area is 162 Å². The van der Waals surface area contributed by atoms with Crippen LogP contribution in [0.3, 0.4) is 0 Å². The minimum Gasteiger partial charge on any atom is -0.381 e. The highest BCUT2D eigenvalue weighted by Gasteiger charge is 2.42. The van der Waals surface area contributed by atoms with E-state index in [-0.39, 0.29) is 29.8 Å². The van der Waals surface area contributed by atoms with Crippen molar-refractivity contribution in [2.45, 2.75) is 19.4 Å². The minimum atomic E-state index is -0.238. The second kappa shape index (κ2) is 8.11. The van der Waals surface area contributed by atoms with E-state index in [9.17, 15) is 4.39 Å². The Kier molecular flexibility index (Phi) is 6.67. The first-order valence-corrected chi connectivity index (χ1v) is 8.38. The fraction of sp³-hybridized carbons (Fsp3) is 0.562. The van der Waals surface area contributed by atoms with Gasteiger partial charge in [-0.2, -0.15) is 0 Å². The number of nitrogens with zero attached hydrogens (tertiary/aromatic N) is 2. The molecule has 2 aliphatic rings. The summed E-state index contributed by atoms with van der Waals surface area (Å²) in [5.41, 5.74) is 1.21. The molecule has 1 N–H and O–H groups in total. The maximum Gasteiger partial charge on any atom is 0.193 e. The van der Waals surface area contributed by atoms with E-state index in [1.165, 1.54) is 0 Å². The number of halogens is 3. The predicted molar refractivity (Wildman–Crippen MR) is 104 cm³/mol. The van der Waals surface area contributed by atoms with Gasteiger partial charge >= 0.3 is 0 Å². The van der Waals surface area contributed by atoms with Crippen molar-refractivity contribution in [2.75, 3.05) is 33.4 Å². The Balaban J connectivity index is 0.00000192. The van der Waals surface area contributed by atoms with Crippen LogP contribution in [0.4, 0.5) is 4.39 Å². The van der Waals surface area contributed by atoms with Crippen LogP contribution in [0, 0.1) is 11.2 Å². The van der Waals surface area contributed by atoms with Crippen molar-refractivity contribution >= 4 is 45.9 Å². The van der Waals surface area contributed by atoms with Crippen LogP contribution in [0.1, 0.15) is 18.4 Å². The smallest absolute Gasteiger partial charge is 0.193 e. The van der Waals surface area contributed by atoms with Crippen molar-refractivity contribution in [3.8, 4) is 0 Å². The summed E-state index contributed by atoms with van der Waals surface area (Å²) >= 11 is 3.17. The maximum atomic E-state index is 13.6. The lowest BCUT2D eigenvalue weighted by Gasteiger charge is -2.25. The molecular formula is C16H22BrFIN3O. The molecule has 1 aromatic rings. The average molecular weight is 498 g/mol. The van der Waals surface area contributed by atoms with Gasteiger partial charge in [0.1, 0.15) is 5.82 Å².